The number of benzene rings is 2. The van der Waals surface area contributed by atoms with E-state index in [-0.39, 0.29) is 0 Å². The summed E-state index contributed by atoms with van der Waals surface area (Å²) < 4.78 is 0. The van der Waals surface area contributed by atoms with Crippen LogP contribution in [0.4, 0.5) is 11.4 Å². The molecule has 2 atom stereocenters. The maximum absolute atomic E-state index is 4.33. The molecular weight excluding hydrogens is 454 g/mol. The van der Waals surface area contributed by atoms with Gasteiger partial charge in [0.1, 0.15) is 0 Å². The molecule has 2 aromatic heterocycles. The highest BCUT2D eigenvalue weighted by molar-refractivity contribution is 7.99. The van der Waals surface area contributed by atoms with Crippen LogP contribution < -0.4 is 4.90 Å². The molecule has 2 fully saturated rings. The summed E-state index contributed by atoms with van der Waals surface area (Å²) in [5.41, 5.74) is 5.17. The van der Waals surface area contributed by atoms with Crippen molar-refractivity contribution < 1.29 is 0 Å². The summed E-state index contributed by atoms with van der Waals surface area (Å²) in [6, 6.07) is 26.5. The van der Waals surface area contributed by atoms with Crippen molar-refractivity contribution in [2.75, 3.05) is 4.90 Å². The lowest BCUT2D eigenvalue weighted by Crippen LogP contribution is -2.49. The van der Waals surface area contributed by atoms with Crippen LogP contribution in [0, 0.1) is 0 Å². The Morgan fingerprint density at radius 2 is 1.65 bits per heavy atom. The third kappa shape index (κ3) is 3.58. The summed E-state index contributed by atoms with van der Waals surface area (Å²) >= 11 is 3.81. The first kappa shape index (κ1) is 20.7. The van der Waals surface area contributed by atoms with E-state index in [0.717, 1.165) is 6.54 Å². The molecule has 0 aliphatic carbocycles. The van der Waals surface area contributed by atoms with E-state index in [0.29, 0.717) is 18.1 Å². The molecule has 2 saturated heterocycles. The van der Waals surface area contributed by atoms with E-state index < -0.39 is 0 Å². The van der Waals surface area contributed by atoms with Crippen LogP contribution in [-0.4, -0.2) is 28.0 Å². The van der Waals surface area contributed by atoms with Crippen molar-refractivity contribution in [1.82, 2.24) is 9.88 Å². The van der Waals surface area contributed by atoms with Crippen LogP contribution in [0.5, 0.6) is 0 Å². The van der Waals surface area contributed by atoms with Gasteiger partial charge in [-0.05, 0) is 73.0 Å². The van der Waals surface area contributed by atoms with Crippen LogP contribution >= 0.6 is 23.1 Å². The number of aromatic nitrogens is 1. The number of hydrogen-bond acceptors (Lipinski definition) is 5. The van der Waals surface area contributed by atoms with Gasteiger partial charge in [-0.25, -0.2) is 0 Å². The van der Waals surface area contributed by atoms with Gasteiger partial charge in [-0.1, -0.05) is 42.1 Å². The average Bonchev–Trinajstić information content (AvgIpc) is 3.47. The maximum Gasteiger partial charge on any atom is 0.0555 e. The number of hydrogen-bond donors (Lipinski definition) is 0. The molecule has 170 valence electrons. The lowest BCUT2D eigenvalue weighted by atomic mass is 9.94. The summed E-state index contributed by atoms with van der Waals surface area (Å²) in [5.74, 6) is 0. The van der Waals surface area contributed by atoms with Gasteiger partial charge in [-0.3, -0.25) is 9.88 Å². The first-order valence-corrected chi connectivity index (χ1v) is 13.9. The predicted octanol–water partition coefficient (Wildman–Crippen LogP) is 7.61. The summed E-state index contributed by atoms with van der Waals surface area (Å²) in [6.45, 7) is 1.12. The quantitative estimate of drug-likeness (QED) is 0.299. The maximum atomic E-state index is 4.33. The van der Waals surface area contributed by atoms with Gasteiger partial charge in [0.05, 0.1) is 11.4 Å². The van der Waals surface area contributed by atoms with Crippen molar-refractivity contribution in [2.45, 2.75) is 60.1 Å². The molecule has 7 rings (SSSR count). The van der Waals surface area contributed by atoms with Crippen LogP contribution in [0.25, 0.3) is 11.1 Å². The molecule has 0 radical (unpaired) electrons. The molecule has 2 aromatic carbocycles. The number of piperidine rings is 1. The number of pyridine rings is 1. The van der Waals surface area contributed by atoms with Crippen molar-refractivity contribution in [3.8, 4) is 11.1 Å². The van der Waals surface area contributed by atoms with Gasteiger partial charge in [0.15, 0.2) is 0 Å². The molecule has 3 aliphatic rings. The van der Waals surface area contributed by atoms with Gasteiger partial charge in [-0.15, -0.1) is 11.3 Å². The second-order valence-electron chi connectivity index (χ2n) is 9.63. The van der Waals surface area contributed by atoms with E-state index >= 15 is 0 Å². The van der Waals surface area contributed by atoms with Gasteiger partial charge in [0, 0.05) is 57.3 Å². The Balaban J connectivity index is 1.23. The first-order chi connectivity index (χ1) is 16.8. The standard InChI is InChI=1S/C29H27N3S2/c1-2-8-28-26(7-1)32(27-12-9-20(15-29(27)34-28)21-5-3-13-30-18-21)24-16-22-10-11-23(17-24)31(22)19-25-6-4-14-33-25/h1-9,12-15,18,22-24H,10-11,16-17,19H2. The largest absolute Gasteiger partial charge is 0.336 e. The molecule has 3 nitrogen and oxygen atoms in total. The van der Waals surface area contributed by atoms with E-state index in [4.69, 9.17) is 0 Å². The number of para-hydroxylation sites is 1. The van der Waals surface area contributed by atoms with Crippen molar-refractivity contribution >= 4 is 34.5 Å². The Morgan fingerprint density at radius 3 is 2.44 bits per heavy atom. The van der Waals surface area contributed by atoms with E-state index in [2.05, 4.69) is 80.8 Å². The molecule has 0 amide bonds. The lowest BCUT2D eigenvalue weighted by Gasteiger charge is -2.46. The minimum atomic E-state index is 0.544. The Morgan fingerprint density at radius 1 is 0.794 bits per heavy atom. The Kier molecular flexibility index (Phi) is 5.22. The Bertz CT molecular complexity index is 1290. The molecule has 2 unspecified atom stereocenters. The molecule has 5 heteroatoms. The van der Waals surface area contributed by atoms with Crippen molar-refractivity contribution in [3.05, 3.63) is 89.4 Å². The zero-order valence-corrected chi connectivity index (χ0v) is 20.6. The van der Waals surface area contributed by atoms with E-state index in [9.17, 15) is 0 Å². The van der Waals surface area contributed by atoms with Gasteiger partial charge < -0.3 is 4.90 Å². The van der Waals surface area contributed by atoms with Gasteiger partial charge >= 0.3 is 0 Å². The predicted molar refractivity (Wildman–Crippen MR) is 142 cm³/mol. The minimum Gasteiger partial charge on any atom is -0.336 e. The molecule has 0 spiro atoms. The average molecular weight is 482 g/mol. The topological polar surface area (TPSA) is 19.4 Å². The number of fused-ring (bicyclic) bond motifs is 4. The molecule has 0 N–H and O–H groups in total. The molecular formula is C29H27N3S2. The zero-order chi connectivity index (χ0) is 22.5. The lowest BCUT2D eigenvalue weighted by molar-refractivity contribution is 0.121. The number of nitrogens with zero attached hydrogens (tertiary/aromatic N) is 3. The fraction of sp³-hybridized carbons (Fsp3) is 0.276. The molecule has 4 aromatic rings. The van der Waals surface area contributed by atoms with Crippen LogP contribution in [0.3, 0.4) is 0 Å². The molecule has 3 aliphatic heterocycles. The van der Waals surface area contributed by atoms with Crippen LogP contribution in [0.1, 0.15) is 30.6 Å². The van der Waals surface area contributed by atoms with Crippen molar-refractivity contribution in [3.63, 3.8) is 0 Å². The minimum absolute atomic E-state index is 0.544. The zero-order valence-electron chi connectivity index (χ0n) is 19.0. The first-order valence-electron chi connectivity index (χ1n) is 12.2. The highest BCUT2D eigenvalue weighted by Gasteiger charge is 2.44. The molecule has 5 heterocycles. The summed E-state index contributed by atoms with van der Waals surface area (Å²) in [6.07, 6.45) is 8.96. The number of anilines is 2. The normalized spacial score (nSPS) is 23.5. The van der Waals surface area contributed by atoms with Crippen LogP contribution in [-0.2, 0) is 6.54 Å². The fourth-order valence-electron chi connectivity index (χ4n) is 6.19. The summed E-state index contributed by atoms with van der Waals surface area (Å²) in [4.78, 5) is 14.0. The van der Waals surface area contributed by atoms with E-state index in [1.807, 2.05) is 41.6 Å². The number of thiophene rings is 1. The highest BCUT2D eigenvalue weighted by atomic mass is 32.2. The van der Waals surface area contributed by atoms with Crippen LogP contribution in [0.15, 0.2) is 94.3 Å². The smallest absolute Gasteiger partial charge is 0.0555 e. The van der Waals surface area contributed by atoms with Gasteiger partial charge in [0.2, 0.25) is 0 Å². The SMILES string of the molecule is c1cncc(-c2ccc3c(c2)Sc2ccccc2N3C2CC3CCC(C2)N3Cc2cccs2)c1. The third-order valence-electron chi connectivity index (χ3n) is 7.70. The number of rotatable bonds is 4. The second kappa shape index (κ2) is 8.56. The summed E-state index contributed by atoms with van der Waals surface area (Å²) in [5, 5.41) is 2.21. The third-order valence-corrected chi connectivity index (χ3v) is 9.68. The van der Waals surface area contributed by atoms with Crippen LogP contribution in [0.2, 0.25) is 0 Å². The van der Waals surface area contributed by atoms with Gasteiger partial charge in [-0.2, -0.15) is 0 Å². The van der Waals surface area contributed by atoms with E-state index in [1.54, 1.807) is 0 Å². The second-order valence-corrected chi connectivity index (χ2v) is 11.7. The summed E-state index contributed by atoms with van der Waals surface area (Å²) in [7, 11) is 0. The Labute approximate surface area is 209 Å². The van der Waals surface area contributed by atoms with E-state index in [1.165, 1.54) is 62.9 Å². The molecule has 34 heavy (non-hydrogen) atoms. The Hall–Kier alpha value is -2.60. The monoisotopic (exact) mass is 481 g/mol. The highest BCUT2D eigenvalue weighted by Crippen LogP contribution is 2.52. The van der Waals surface area contributed by atoms with Crippen molar-refractivity contribution in [2.24, 2.45) is 0 Å². The van der Waals surface area contributed by atoms with Gasteiger partial charge in [0.25, 0.3) is 0 Å². The molecule has 0 saturated carbocycles. The molecule has 2 bridgehead atoms. The fourth-order valence-corrected chi connectivity index (χ4v) is 8.01. The van der Waals surface area contributed by atoms with Crippen molar-refractivity contribution in [1.29, 1.82) is 0 Å².